The Labute approximate surface area is 59.8 Å². The summed E-state index contributed by atoms with van der Waals surface area (Å²) in [6, 6.07) is 0. The van der Waals surface area contributed by atoms with Crippen molar-refractivity contribution in [3.05, 3.63) is 0 Å². The second kappa shape index (κ2) is 3.11. The summed E-state index contributed by atoms with van der Waals surface area (Å²) in [4.78, 5) is 1.62. The summed E-state index contributed by atoms with van der Waals surface area (Å²) in [5.41, 5.74) is 0. The fraction of sp³-hybridized carbons (Fsp3) is 0.833. The van der Waals surface area contributed by atoms with E-state index in [1.165, 1.54) is 6.42 Å². The summed E-state index contributed by atoms with van der Waals surface area (Å²) >= 11 is 4.37. The fourth-order valence-corrected chi connectivity index (χ4v) is 1.25. The van der Waals surface area contributed by atoms with E-state index in [2.05, 4.69) is 12.2 Å². The highest BCUT2D eigenvalue weighted by Gasteiger charge is 2.11. The van der Waals surface area contributed by atoms with Crippen LogP contribution in [0.2, 0.25) is 0 Å². The van der Waals surface area contributed by atoms with E-state index in [4.69, 9.17) is 0 Å². The van der Waals surface area contributed by atoms with Crippen molar-refractivity contribution in [2.24, 2.45) is 0 Å². The first-order chi connectivity index (χ1) is 4.30. The maximum Gasteiger partial charge on any atom is 0.255 e. The Balaban J connectivity index is 2.31. The molecule has 9 heavy (non-hydrogen) atoms. The van der Waals surface area contributed by atoms with Gasteiger partial charge in [-0.25, -0.2) is 0 Å². The first kappa shape index (κ1) is 6.93. The van der Waals surface area contributed by atoms with E-state index in [0.29, 0.717) is 0 Å². The number of rotatable bonds is 0. The lowest BCUT2D eigenvalue weighted by Gasteiger charge is -2.24. The van der Waals surface area contributed by atoms with Crippen LogP contribution in [0.15, 0.2) is 0 Å². The molecule has 0 aromatic rings. The van der Waals surface area contributed by atoms with Gasteiger partial charge >= 0.3 is 0 Å². The second-order valence-corrected chi connectivity index (χ2v) is 2.64. The fourth-order valence-electron chi connectivity index (χ4n) is 1.07. The molecule has 52 valence electrons. The monoisotopic (exact) mass is 147 g/mol. The highest BCUT2D eigenvalue weighted by molar-refractivity contribution is 7.79. The van der Waals surface area contributed by atoms with Crippen LogP contribution in [0.4, 0.5) is 4.39 Å². The minimum atomic E-state index is -0.435. The van der Waals surface area contributed by atoms with Gasteiger partial charge in [-0.3, -0.25) is 0 Å². The van der Waals surface area contributed by atoms with Gasteiger partial charge in [0.1, 0.15) is 0 Å². The largest absolute Gasteiger partial charge is 0.339 e. The summed E-state index contributed by atoms with van der Waals surface area (Å²) in [6.07, 6.45) is 3.40. The van der Waals surface area contributed by atoms with E-state index < -0.39 is 5.24 Å². The Morgan fingerprint density at radius 3 is 2.11 bits per heavy atom. The number of thiocarbonyl (C=S) groups is 1. The molecule has 0 aliphatic carbocycles. The smallest absolute Gasteiger partial charge is 0.255 e. The van der Waals surface area contributed by atoms with Gasteiger partial charge in [0.2, 0.25) is 0 Å². The Hall–Kier alpha value is -0.180. The molecule has 1 aliphatic heterocycles. The summed E-state index contributed by atoms with van der Waals surface area (Å²) < 4.78 is 12.2. The first-order valence-corrected chi connectivity index (χ1v) is 3.66. The molecule has 0 spiro atoms. The predicted molar refractivity (Wildman–Crippen MR) is 39.1 cm³/mol. The van der Waals surface area contributed by atoms with Crippen LogP contribution in [0, 0.1) is 0 Å². The molecule has 1 fully saturated rings. The Morgan fingerprint density at radius 1 is 1.22 bits per heavy atom. The maximum absolute atomic E-state index is 12.2. The number of piperidine rings is 1. The molecule has 0 saturated carbocycles. The summed E-state index contributed by atoms with van der Waals surface area (Å²) in [7, 11) is 0. The van der Waals surface area contributed by atoms with Gasteiger partial charge in [-0.15, -0.1) is 0 Å². The summed E-state index contributed by atoms with van der Waals surface area (Å²) in [6.45, 7) is 1.63. The van der Waals surface area contributed by atoms with Gasteiger partial charge in [-0.1, -0.05) is 0 Å². The molecule has 1 saturated heterocycles. The predicted octanol–water partition coefficient (Wildman–Crippen LogP) is 1.73. The van der Waals surface area contributed by atoms with Gasteiger partial charge in [0.05, 0.1) is 0 Å². The van der Waals surface area contributed by atoms with Crippen molar-refractivity contribution in [3.8, 4) is 0 Å². The molecule has 1 nitrogen and oxygen atoms in total. The molecule has 0 aromatic carbocycles. The van der Waals surface area contributed by atoms with Crippen molar-refractivity contribution < 1.29 is 4.39 Å². The Kier molecular flexibility index (Phi) is 2.39. The van der Waals surface area contributed by atoms with E-state index >= 15 is 0 Å². The lowest BCUT2D eigenvalue weighted by atomic mass is 10.1. The first-order valence-electron chi connectivity index (χ1n) is 3.25. The van der Waals surface area contributed by atoms with Crippen LogP contribution < -0.4 is 0 Å². The molecule has 0 N–H and O–H groups in total. The maximum atomic E-state index is 12.2. The van der Waals surface area contributed by atoms with Gasteiger partial charge in [-0.2, -0.15) is 4.39 Å². The van der Waals surface area contributed by atoms with Crippen molar-refractivity contribution in [2.75, 3.05) is 13.1 Å². The van der Waals surface area contributed by atoms with E-state index in [1.54, 1.807) is 4.90 Å². The lowest BCUT2D eigenvalue weighted by Crippen LogP contribution is -2.31. The van der Waals surface area contributed by atoms with Gasteiger partial charge < -0.3 is 4.90 Å². The molecule has 0 unspecified atom stereocenters. The highest BCUT2D eigenvalue weighted by atomic mass is 32.1. The van der Waals surface area contributed by atoms with Gasteiger partial charge in [0.15, 0.2) is 0 Å². The molecule has 0 amide bonds. The third kappa shape index (κ3) is 1.90. The van der Waals surface area contributed by atoms with Crippen molar-refractivity contribution in [2.45, 2.75) is 19.3 Å². The number of hydrogen-bond donors (Lipinski definition) is 0. The molecule has 1 rings (SSSR count). The summed E-state index contributed by atoms with van der Waals surface area (Å²) in [5.74, 6) is 0. The molecular formula is C6H10FNS. The van der Waals surface area contributed by atoms with Crippen LogP contribution in [0.3, 0.4) is 0 Å². The third-order valence-electron chi connectivity index (χ3n) is 1.60. The minimum absolute atomic E-state index is 0.435. The topological polar surface area (TPSA) is 3.24 Å². The lowest BCUT2D eigenvalue weighted by molar-refractivity contribution is 0.322. The quantitative estimate of drug-likeness (QED) is 0.291. The minimum Gasteiger partial charge on any atom is -0.339 e. The van der Waals surface area contributed by atoms with E-state index in [-0.39, 0.29) is 0 Å². The zero-order valence-electron chi connectivity index (χ0n) is 5.27. The van der Waals surface area contributed by atoms with Crippen LogP contribution >= 0.6 is 12.2 Å². The highest BCUT2D eigenvalue weighted by Crippen LogP contribution is 2.09. The average molecular weight is 147 g/mol. The van der Waals surface area contributed by atoms with Gasteiger partial charge in [0.25, 0.3) is 5.24 Å². The molecule has 0 bridgehead atoms. The number of hydrogen-bond acceptors (Lipinski definition) is 1. The number of halogens is 1. The van der Waals surface area contributed by atoms with Crippen molar-refractivity contribution in [1.82, 2.24) is 4.90 Å². The zero-order valence-corrected chi connectivity index (χ0v) is 6.09. The number of nitrogens with zero attached hydrogens (tertiary/aromatic N) is 1. The van der Waals surface area contributed by atoms with Crippen molar-refractivity contribution in [1.29, 1.82) is 0 Å². The average Bonchev–Trinajstić information content (AvgIpc) is 1.90. The van der Waals surface area contributed by atoms with Gasteiger partial charge in [0, 0.05) is 13.1 Å². The Morgan fingerprint density at radius 2 is 1.78 bits per heavy atom. The molecule has 1 heterocycles. The number of likely N-dealkylation sites (tertiary alicyclic amines) is 1. The SMILES string of the molecule is FC(=S)N1CCCCC1. The zero-order chi connectivity index (χ0) is 6.69. The Bertz CT molecular complexity index is 110. The second-order valence-electron chi connectivity index (χ2n) is 2.30. The molecule has 1 aliphatic rings. The van der Waals surface area contributed by atoms with Crippen LogP contribution in [0.25, 0.3) is 0 Å². The molecule has 0 atom stereocenters. The normalized spacial score (nSPS) is 19.9. The van der Waals surface area contributed by atoms with E-state index in [9.17, 15) is 4.39 Å². The van der Waals surface area contributed by atoms with Crippen molar-refractivity contribution >= 4 is 17.5 Å². The molecule has 0 radical (unpaired) electrons. The molecular weight excluding hydrogens is 137 g/mol. The molecule has 3 heteroatoms. The van der Waals surface area contributed by atoms with Crippen LogP contribution in [-0.4, -0.2) is 23.2 Å². The summed E-state index contributed by atoms with van der Waals surface area (Å²) in [5, 5.41) is -0.435. The van der Waals surface area contributed by atoms with Crippen molar-refractivity contribution in [3.63, 3.8) is 0 Å². The van der Waals surface area contributed by atoms with Gasteiger partial charge in [-0.05, 0) is 31.5 Å². The molecule has 0 aromatic heterocycles. The third-order valence-corrected chi connectivity index (χ3v) is 1.86. The van der Waals surface area contributed by atoms with E-state index in [0.717, 1.165) is 25.9 Å². The van der Waals surface area contributed by atoms with Crippen LogP contribution in [-0.2, 0) is 0 Å². The van der Waals surface area contributed by atoms with Crippen LogP contribution in [0.1, 0.15) is 19.3 Å². The standard InChI is InChI=1S/C6H10FNS/c7-6(9)8-4-2-1-3-5-8/h1-5H2. The van der Waals surface area contributed by atoms with Crippen LogP contribution in [0.5, 0.6) is 0 Å². The van der Waals surface area contributed by atoms with E-state index in [1.807, 2.05) is 0 Å².